The van der Waals surface area contributed by atoms with Crippen LogP contribution in [0.4, 0.5) is 26.3 Å². The highest BCUT2D eigenvalue weighted by atomic mass is 32.2. The molecule has 0 spiro atoms. The third-order valence-electron chi connectivity index (χ3n) is 3.74. The monoisotopic (exact) mass is 449 g/mol. The topological polar surface area (TPSA) is 81.1 Å². The predicted octanol–water partition coefficient (Wildman–Crippen LogP) is 3.43. The zero-order valence-electron chi connectivity index (χ0n) is 14.4. The summed E-state index contributed by atoms with van der Waals surface area (Å²) in [7, 11) is -4.96. The molecule has 30 heavy (non-hydrogen) atoms. The van der Waals surface area contributed by atoms with Gasteiger partial charge in [0.25, 0.3) is 15.9 Å². The van der Waals surface area contributed by atoms with Crippen molar-refractivity contribution in [2.75, 3.05) is 0 Å². The molecule has 0 aliphatic carbocycles. The van der Waals surface area contributed by atoms with Crippen LogP contribution in [0.5, 0.6) is 0 Å². The van der Waals surface area contributed by atoms with Crippen molar-refractivity contribution in [3.63, 3.8) is 0 Å². The largest absolute Gasteiger partial charge is 0.416 e. The predicted molar refractivity (Wildman–Crippen MR) is 89.5 cm³/mol. The van der Waals surface area contributed by atoms with E-state index in [4.69, 9.17) is 0 Å². The molecule has 1 N–H and O–H groups in total. The number of nitrogens with zero attached hydrogens (tertiary/aromatic N) is 2. The lowest BCUT2D eigenvalue weighted by Crippen LogP contribution is -2.32. The Kier molecular flexibility index (Phi) is 5.33. The van der Waals surface area contributed by atoms with Crippen LogP contribution < -0.4 is 4.72 Å². The Labute approximate surface area is 164 Å². The minimum Gasteiger partial charge on any atom is -0.305 e. The number of benzene rings is 2. The molecule has 0 saturated heterocycles. The Morgan fingerprint density at radius 2 is 1.67 bits per heavy atom. The number of sulfonamides is 1. The van der Waals surface area contributed by atoms with Crippen LogP contribution in [-0.2, 0) is 16.2 Å². The second kappa shape index (κ2) is 7.48. The minimum atomic E-state index is -4.96. The van der Waals surface area contributed by atoms with E-state index in [1.807, 2.05) is 0 Å². The molecule has 158 valence electrons. The van der Waals surface area contributed by atoms with Crippen molar-refractivity contribution >= 4 is 15.9 Å². The van der Waals surface area contributed by atoms with Crippen molar-refractivity contribution in [1.82, 2.24) is 14.3 Å². The van der Waals surface area contributed by atoms with Gasteiger partial charge in [0.2, 0.25) is 0 Å². The number of halogens is 6. The molecule has 13 heteroatoms. The van der Waals surface area contributed by atoms with Crippen molar-refractivity contribution in [3.8, 4) is 5.69 Å². The molecule has 3 rings (SSSR count). The number of imidazole rings is 1. The molecule has 1 heterocycles. The fraction of sp³-hybridized carbons (Fsp3) is 0.0588. The van der Waals surface area contributed by atoms with E-state index in [2.05, 4.69) is 4.98 Å². The smallest absolute Gasteiger partial charge is 0.305 e. The van der Waals surface area contributed by atoms with Crippen molar-refractivity contribution in [2.24, 2.45) is 0 Å². The number of nitrogens with one attached hydrogen (secondary N) is 1. The second-order valence-corrected chi connectivity index (χ2v) is 7.47. The van der Waals surface area contributed by atoms with Crippen molar-refractivity contribution < 1.29 is 39.6 Å². The molecule has 2 aromatic carbocycles. The van der Waals surface area contributed by atoms with Gasteiger partial charge >= 0.3 is 6.18 Å². The van der Waals surface area contributed by atoms with Crippen molar-refractivity contribution in [1.29, 1.82) is 0 Å². The molecule has 0 aliphatic heterocycles. The Morgan fingerprint density at radius 1 is 1.03 bits per heavy atom. The summed E-state index contributed by atoms with van der Waals surface area (Å²) in [5.74, 6) is -5.51. The van der Waals surface area contributed by atoms with Gasteiger partial charge in [0.15, 0.2) is 4.90 Å². The molecule has 0 aliphatic rings. The summed E-state index contributed by atoms with van der Waals surface area (Å²) in [5, 5.41) is 0. The zero-order chi connectivity index (χ0) is 22.3. The first-order valence-corrected chi connectivity index (χ1v) is 9.30. The first-order valence-electron chi connectivity index (χ1n) is 7.82. The molecule has 1 aromatic heterocycles. The van der Waals surface area contributed by atoms with Crippen molar-refractivity contribution in [2.45, 2.75) is 11.1 Å². The maximum absolute atomic E-state index is 13.7. The lowest BCUT2D eigenvalue weighted by atomic mass is 10.2. The van der Waals surface area contributed by atoms with E-state index in [0.717, 1.165) is 29.2 Å². The quantitative estimate of drug-likeness (QED) is 0.619. The Morgan fingerprint density at radius 3 is 2.27 bits per heavy atom. The van der Waals surface area contributed by atoms with Gasteiger partial charge in [-0.25, -0.2) is 31.3 Å². The van der Waals surface area contributed by atoms with Crippen LogP contribution >= 0.6 is 0 Å². The first kappa shape index (κ1) is 21.4. The molecule has 0 saturated carbocycles. The minimum absolute atomic E-state index is 0.267. The lowest BCUT2D eigenvalue weighted by Gasteiger charge is -2.10. The number of carbonyl (C=O) groups is 1. The van der Waals surface area contributed by atoms with Gasteiger partial charge in [-0.05, 0) is 30.3 Å². The van der Waals surface area contributed by atoms with Gasteiger partial charge < -0.3 is 4.57 Å². The van der Waals surface area contributed by atoms with Gasteiger partial charge in [-0.2, -0.15) is 13.2 Å². The molecular weight excluding hydrogens is 440 g/mol. The lowest BCUT2D eigenvalue weighted by molar-refractivity contribution is -0.137. The highest BCUT2D eigenvalue weighted by molar-refractivity contribution is 7.90. The summed E-state index contributed by atoms with van der Waals surface area (Å²) in [6.07, 6.45) is -3.19. The van der Waals surface area contributed by atoms with Gasteiger partial charge in [-0.3, -0.25) is 4.79 Å². The highest BCUT2D eigenvalue weighted by Crippen LogP contribution is 2.31. The molecule has 0 unspecified atom stereocenters. The van der Waals surface area contributed by atoms with Crippen LogP contribution in [0, 0.1) is 17.5 Å². The summed E-state index contributed by atoms with van der Waals surface area (Å²) < 4.78 is 106. The number of alkyl halides is 3. The highest BCUT2D eigenvalue weighted by Gasteiger charge is 2.32. The van der Waals surface area contributed by atoms with E-state index in [1.165, 1.54) is 4.72 Å². The van der Waals surface area contributed by atoms with E-state index < -0.39 is 55.7 Å². The fourth-order valence-corrected chi connectivity index (χ4v) is 3.53. The normalized spacial score (nSPS) is 12.1. The van der Waals surface area contributed by atoms with Crippen LogP contribution in [0.15, 0.2) is 53.8 Å². The van der Waals surface area contributed by atoms with Crippen LogP contribution in [0.25, 0.3) is 5.69 Å². The zero-order valence-corrected chi connectivity index (χ0v) is 15.2. The summed E-state index contributed by atoms with van der Waals surface area (Å²) in [6, 6.07) is 3.82. The van der Waals surface area contributed by atoms with Gasteiger partial charge in [0.05, 0.1) is 5.56 Å². The first-order chi connectivity index (χ1) is 13.9. The summed E-state index contributed by atoms with van der Waals surface area (Å²) in [6.45, 7) is 0. The Bertz CT molecular complexity index is 1220. The second-order valence-electron chi connectivity index (χ2n) is 5.85. The Balaban J connectivity index is 1.90. The van der Waals surface area contributed by atoms with Gasteiger partial charge in [-0.1, -0.05) is 6.07 Å². The average molecular weight is 449 g/mol. The molecule has 0 radical (unpaired) electrons. The van der Waals surface area contributed by atoms with E-state index in [9.17, 15) is 39.6 Å². The SMILES string of the molecule is O=C(NS(=O)(=O)c1c(F)cccc1F)c1cn(-c2cc(F)cc(C(F)(F)F)c2)cn1. The maximum Gasteiger partial charge on any atom is 0.416 e. The van der Waals surface area contributed by atoms with E-state index in [1.54, 1.807) is 0 Å². The number of amides is 1. The average Bonchev–Trinajstić information content (AvgIpc) is 3.10. The third-order valence-corrected chi connectivity index (χ3v) is 5.12. The molecule has 6 nitrogen and oxygen atoms in total. The Hall–Kier alpha value is -3.35. The summed E-state index contributed by atoms with van der Waals surface area (Å²) in [5.41, 5.74) is -2.26. The molecule has 0 bridgehead atoms. The molecule has 0 fully saturated rings. The number of aromatic nitrogens is 2. The van der Waals surface area contributed by atoms with Crippen LogP contribution in [0.3, 0.4) is 0 Å². The molecule has 0 atom stereocenters. The number of carbonyl (C=O) groups excluding carboxylic acids is 1. The van der Waals surface area contributed by atoms with E-state index >= 15 is 0 Å². The molecule has 3 aromatic rings. The number of hydrogen-bond donors (Lipinski definition) is 1. The standard InChI is InChI=1S/C17H9F6N3O3S/c18-10-4-9(17(21,22)23)5-11(6-10)26-7-14(24-8-26)16(27)25-30(28,29)15-12(19)2-1-3-13(15)20/h1-8H,(H,25,27). The van der Waals surface area contributed by atoms with Crippen LogP contribution in [-0.4, -0.2) is 23.9 Å². The summed E-state index contributed by atoms with van der Waals surface area (Å²) in [4.78, 5) is 14.3. The van der Waals surface area contributed by atoms with Crippen molar-refractivity contribution in [3.05, 3.63) is 77.6 Å². The third kappa shape index (κ3) is 4.30. The van der Waals surface area contributed by atoms with Gasteiger partial charge in [-0.15, -0.1) is 0 Å². The number of hydrogen-bond acceptors (Lipinski definition) is 4. The van der Waals surface area contributed by atoms with E-state index in [-0.39, 0.29) is 11.8 Å². The number of rotatable bonds is 4. The van der Waals surface area contributed by atoms with E-state index in [0.29, 0.717) is 18.2 Å². The van der Waals surface area contributed by atoms with Crippen LogP contribution in [0.2, 0.25) is 0 Å². The van der Waals surface area contributed by atoms with Gasteiger partial charge in [0.1, 0.15) is 29.5 Å². The molecule has 1 amide bonds. The summed E-state index contributed by atoms with van der Waals surface area (Å²) >= 11 is 0. The van der Waals surface area contributed by atoms with Crippen LogP contribution in [0.1, 0.15) is 16.1 Å². The van der Waals surface area contributed by atoms with Gasteiger partial charge in [0, 0.05) is 11.9 Å². The molecular formula is C17H9F6N3O3S. The fourth-order valence-electron chi connectivity index (χ4n) is 2.43. The maximum atomic E-state index is 13.7.